The van der Waals surface area contributed by atoms with Crippen LogP contribution in [0.1, 0.15) is 51.2 Å². The number of hydrogen-bond donors (Lipinski definition) is 1. The van der Waals surface area contributed by atoms with Crippen molar-refractivity contribution in [2.75, 3.05) is 6.54 Å². The molecule has 1 aromatic carbocycles. The Balaban J connectivity index is 2.06. The molecule has 2 unspecified atom stereocenters. The SMILES string of the molecule is CC1CC(c2cccc(CO[Si](C)(C)C(C)(C)C)c2)CN1C(=O)O. The summed E-state index contributed by atoms with van der Waals surface area (Å²) in [5.74, 6) is 0.281. The monoisotopic (exact) mass is 349 g/mol. The van der Waals surface area contributed by atoms with Crippen LogP contribution in [0.4, 0.5) is 4.79 Å². The Morgan fingerprint density at radius 3 is 2.58 bits per heavy atom. The molecule has 0 saturated carbocycles. The second kappa shape index (κ2) is 6.88. The molecule has 24 heavy (non-hydrogen) atoms. The number of benzene rings is 1. The van der Waals surface area contributed by atoms with Gasteiger partial charge in [0.15, 0.2) is 8.32 Å². The fourth-order valence-electron chi connectivity index (χ4n) is 2.96. The van der Waals surface area contributed by atoms with E-state index in [9.17, 15) is 9.90 Å². The van der Waals surface area contributed by atoms with Crippen molar-refractivity contribution in [2.24, 2.45) is 0 Å². The summed E-state index contributed by atoms with van der Waals surface area (Å²) in [4.78, 5) is 12.8. The number of likely N-dealkylation sites (tertiary alicyclic amines) is 1. The van der Waals surface area contributed by atoms with Gasteiger partial charge in [0, 0.05) is 18.5 Å². The molecule has 0 aliphatic carbocycles. The standard InChI is InChI=1S/C19H31NO3Si/c1-14-10-17(12-20(14)18(21)22)16-9-7-8-15(11-16)13-23-24(5,6)19(2,3)4/h7-9,11,14,17H,10,12-13H2,1-6H3,(H,21,22). The molecule has 134 valence electrons. The molecular formula is C19H31NO3Si. The van der Waals surface area contributed by atoms with Gasteiger partial charge in [-0.05, 0) is 42.6 Å². The van der Waals surface area contributed by atoms with Crippen molar-refractivity contribution in [2.45, 2.75) is 70.8 Å². The van der Waals surface area contributed by atoms with Crippen LogP contribution in [0, 0.1) is 0 Å². The number of amides is 1. The van der Waals surface area contributed by atoms with E-state index in [1.54, 1.807) is 4.90 Å². The van der Waals surface area contributed by atoms with Crippen molar-refractivity contribution in [3.63, 3.8) is 0 Å². The van der Waals surface area contributed by atoms with Gasteiger partial charge in [0.25, 0.3) is 0 Å². The first kappa shape index (κ1) is 19.0. The van der Waals surface area contributed by atoms with Crippen LogP contribution < -0.4 is 0 Å². The van der Waals surface area contributed by atoms with Crippen molar-refractivity contribution < 1.29 is 14.3 Å². The second-order valence-corrected chi connectivity index (χ2v) is 13.3. The van der Waals surface area contributed by atoms with E-state index in [-0.39, 0.29) is 17.0 Å². The smallest absolute Gasteiger partial charge is 0.407 e. The van der Waals surface area contributed by atoms with E-state index >= 15 is 0 Å². The molecule has 1 aliphatic heterocycles. The van der Waals surface area contributed by atoms with E-state index in [0.29, 0.717) is 13.2 Å². The zero-order valence-electron chi connectivity index (χ0n) is 15.8. The minimum absolute atomic E-state index is 0.0830. The van der Waals surface area contributed by atoms with E-state index < -0.39 is 14.4 Å². The van der Waals surface area contributed by atoms with Gasteiger partial charge in [-0.15, -0.1) is 0 Å². The molecule has 0 radical (unpaired) electrons. The molecule has 5 heteroatoms. The number of hydrogen-bond acceptors (Lipinski definition) is 2. The van der Waals surface area contributed by atoms with Gasteiger partial charge in [-0.25, -0.2) is 4.79 Å². The molecule has 0 aromatic heterocycles. The normalized spacial score (nSPS) is 22.0. The lowest BCUT2D eigenvalue weighted by molar-refractivity contribution is 0.143. The summed E-state index contributed by atoms with van der Waals surface area (Å²) < 4.78 is 6.31. The van der Waals surface area contributed by atoms with Gasteiger partial charge in [0.1, 0.15) is 0 Å². The third-order valence-electron chi connectivity index (χ3n) is 5.65. The Labute approximate surface area is 147 Å². The predicted octanol–water partition coefficient (Wildman–Crippen LogP) is 5.06. The molecular weight excluding hydrogens is 318 g/mol. The summed E-state index contributed by atoms with van der Waals surface area (Å²) in [6.45, 7) is 14.5. The Morgan fingerprint density at radius 1 is 1.38 bits per heavy atom. The Hall–Kier alpha value is -1.33. The van der Waals surface area contributed by atoms with Crippen LogP contribution >= 0.6 is 0 Å². The van der Waals surface area contributed by atoms with Gasteiger partial charge >= 0.3 is 6.09 Å². The fraction of sp³-hybridized carbons (Fsp3) is 0.632. The summed E-state index contributed by atoms with van der Waals surface area (Å²) in [5, 5.41) is 9.47. The van der Waals surface area contributed by atoms with Crippen LogP contribution in [0.15, 0.2) is 24.3 Å². The van der Waals surface area contributed by atoms with E-state index in [2.05, 4.69) is 58.1 Å². The average molecular weight is 350 g/mol. The molecule has 1 saturated heterocycles. The summed E-state index contributed by atoms with van der Waals surface area (Å²) >= 11 is 0. The summed E-state index contributed by atoms with van der Waals surface area (Å²) in [6, 6.07) is 8.55. The Bertz CT molecular complexity index is 595. The molecule has 4 nitrogen and oxygen atoms in total. The minimum Gasteiger partial charge on any atom is -0.465 e. The van der Waals surface area contributed by atoms with E-state index in [1.807, 2.05) is 6.92 Å². The van der Waals surface area contributed by atoms with Crippen LogP contribution in [0.2, 0.25) is 18.1 Å². The van der Waals surface area contributed by atoms with Crippen LogP contribution in [-0.4, -0.2) is 37.0 Å². The molecule has 1 amide bonds. The average Bonchev–Trinajstić information content (AvgIpc) is 2.87. The van der Waals surface area contributed by atoms with Crippen molar-refractivity contribution in [1.29, 1.82) is 0 Å². The maximum Gasteiger partial charge on any atom is 0.407 e. The largest absolute Gasteiger partial charge is 0.465 e. The molecule has 1 N–H and O–H groups in total. The molecule has 1 aliphatic rings. The number of carbonyl (C=O) groups is 1. The summed E-state index contributed by atoms with van der Waals surface area (Å²) in [5.41, 5.74) is 2.40. The van der Waals surface area contributed by atoms with Gasteiger partial charge < -0.3 is 14.4 Å². The van der Waals surface area contributed by atoms with Crippen LogP contribution in [-0.2, 0) is 11.0 Å². The van der Waals surface area contributed by atoms with Crippen molar-refractivity contribution >= 4 is 14.4 Å². The highest BCUT2D eigenvalue weighted by molar-refractivity contribution is 6.74. The van der Waals surface area contributed by atoms with E-state index in [1.165, 1.54) is 11.1 Å². The highest BCUT2D eigenvalue weighted by Crippen LogP contribution is 2.37. The van der Waals surface area contributed by atoms with E-state index in [0.717, 1.165) is 6.42 Å². The maximum absolute atomic E-state index is 11.3. The lowest BCUT2D eigenvalue weighted by Crippen LogP contribution is -2.40. The molecule has 2 rings (SSSR count). The first-order valence-corrected chi connectivity index (χ1v) is 11.6. The van der Waals surface area contributed by atoms with Gasteiger partial charge in [0.2, 0.25) is 0 Å². The van der Waals surface area contributed by atoms with Crippen LogP contribution in [0.5, 0.6) is 0 Å². The first-order chi connectivity index (χ1) is 11.0. The fourth-order valence-corrected chi connectivity index (χ4v) is 3.92. The Morgan fingerprint density at radius 2 is 2.04 bits per heavy atom. The van der Waals surface area contributed by atoms with Crippen molar-refractivity contribution in [3.05, 3.63) is 35.4 Å². The van der Waals surface area contributed by atoms with Gasteiger partial charge in [-0.1, -0.05) is 45.0 Å². The number of nitrogens with zero attached hydrogens (tertiary/aromatic N) is 1. The minimum atomic E-state index is -1.76. The number of rotatable bonds is 4. The van der Waals surface area contributed by atoms with Crippen molar-refractivity contribution in [3.8, 4) is 0 Å². The van der Waals surface area contributed by atoms with Crippen molar-refractivity contribution in [1.82, 2.24) is 4.90 Å². The third kappa shape index (κ3) is 4.19. The number of carboxylic acid groups (broad SMARTS) is 1. The second-order valence-electron chi connectivity index (χ2n) is 8.51. The highest BCUT2D eigenvalue weighted by atomic mass is 28.4. The van der Waals surface area contributed by atoms with Gasteiger partial charge in [-0.3, -0.25) is 0 Å². The zero-order chi connectivity index (χ0) is 18.1. The first-order valence-electron chi connectivity index (χ1n) is 8.73. The lowest BCUT2D eigenvalue weighted by Gasteiger charge is -2.36. The summed E-state index contributed by atoms with van der Waals surface area (Å²) in [6.07, 6.45) is 0.0705. The summed E-state index contributed by atoms with van der Waals surface area (Å²) in [7, 11) is -1.76. The van der Waals surface area contributed by atoms with E-state index in [4.69, 9.17) is 4.43 Å². The third-order valence-corrected chi connectivity index (χ3v) is 10.1. The van der Waals surface area contributed by atoms with Crippen LogP contribution in [0.3, 0.4) is 0 Å². The quantitative estimate of drug-likeness (QED) is 0.773. The predicted molar refractivity (Wildman–Crippen MR) is 100.0 cm³/mol. The highest BCUT2D eigenvalue weighted by Gasteiger charge is 2.37. The molecule has 2 atom stereocenters. The molecule has 0 bridgehead atoms. The molecule has 1 aromatic rings. The van der Waals surface area contributed by atoms with Crippen LogP contribution in [0.25, 0.3) is 0 Å². The maximum atomic E-state index is 11.3. The molecule has 1 fully saturated rings. The van der Waals surface area contributed by atoms with Gasteiger partial charge in [-0.2, -0.15) is 0 Å². The Kier molecular flexibility index (Phi) is 5.45. The lowest BCUT2D eigenvalue weighted by atomic mass is 9.95. The molecule has 1 heterocycles. The molecule has 0 spiro atoms. The van der Waals surface area contributed by atoms with Gasteiger partial charge in [0.05, 0.1) is 6.61 Å². The zero-order valence-corrected chi connectivity index (χ0v) is 16.8. The topological polar surface area (TPSA) is 49.8 Å².